The molecule has 1 fully saturated rings. The largest absolute Gasteiger partial charge is 0.494 e. The number of likely N-dealkylation sites (tertiary alicyclic amines) is 1. The third-order valence-corrected chi connectivity index (χ3v) is 3.60. The summed E-state index contributed by atoms with van der Waals surface area (Å²) in [5.74, 6) is 1.78. The normalized spacial score (nSPS) is 17.1. The van der Waals surface area contributed by atoms with Gasteiger partial charge >= 0.3 is 0 Å². The van der Waals surface area contributed by atoms with Gasteiger partial charge in [0.25, 0.3) is 0 Å². The molecule has 112 valence electrons. The van der Waals surface area contributed by atoms with Crippen molar-refractivity contribution < 1.29 is 9.47 Å². The molecule has 4 nitrogen and oxygen atoms in total. The van der Waals surface area contributed by atoms with Crippen LogP contribution in [-0.4, -0.2) is 37.2 Å². The van der Waals surface area contributed by atoms with E-state index in [0.29, 0.717) is 19.3 Å². The second-order valence-electron chi connectivity index (χ2n) is 5.29. The Kier molecular flexibility index (Phi) is 5.68. The molecule has 1 aliphatic heterocycles. The number of rotatable bonds is 6. The molecule has 0 aliphatic carbocycles. The lowest BCUT2D eigenvalue weighted by molar-refractivity contribution is 0.205. The van der Waals surface area contributed by atoms with Crippen LogP contribution in [0.5, 0.6) is 11.5 Å². The van der Waals surface area contributed by atoms with E-state index in [1.807, 2.05) is 19.9 Å². The first-order valence-corrected chi connectivity index (χ1v) is 7.58. The highest BCUT2D eigenvalue weighted by Gasteiger charge is 2.16. The summed E-state index contributed by atoms with van der Waals surface area (Å²) in [6.07, 6.45) is 2.17. The topological polar surface area (TPSA) is 47.7 Å². The molecule has 2 N–H and O–H groups in total. The number of nitrogens with zero attached hydrogens (tertiary/aromatic N) is 1. The van der Waals surface area contributed by atoms with E-state index >= 15 is 0 Å². The van der Waals surface area contributed by atoms with E-state index in [2.05, 4.69) is 17.0 Å². The fourth-order valence-corrected chi connectivity index (χ4v) is 2.59. The zero-order valence-electron chi connectivity index (χ0n) is 12.6. The molecule has 0 radical (unpaired) electrons. The fraction of sp³-hybridized carbons (Fsp3) is 0.625. The van der Waals surface area contributed by atoms with Crippen molar-refractivity contribution in [3.63, 3.8) is 0 Å². The van der Waals surface area contributed by atoms with Crippen LogP contribution in [0.2, 0.25) is 0 Å². The number of hydrogen-bond acceptors (Lipinski definition) is 4. The van der Waals surface area contributed by atoms with Gasteiger partial charge in [0.15, 0.2) is 0 Å². The quantitative estimate of drug-likeness (QED) is 0.868. The highest BCUT2D eigenvalue weighted by Crippen LogP contribution is 2.25. The summed E-state index contributed by atoms with van der Waals surface area (Å²) in [6.45, 7) is 8.43. The molecule has 1 aromatic rings. The summed E-state index contributed by atoms with van der Waals surface area (Å²) in [5.41, 5.74) is 7.20. The molecule has 1 aliphatic rings. The van der Waals surface area contributed by atoms with Crippen LogP contribution in [-0.2, 0) is 6.54 Å². The lowest BCUT2D eigenvalue weighted by atomic mass is 10.1. The summed E-state index contributed by atoms with van der Waals surface area (Å²) in [5, 5.41) is 0. The minimum Gasteiger partial charge on any atom is -0.494 e. The zero-order chi connectivity index (χ0) is 14.4. The second-order valence-corrected chi connectivity index (χ2v) is 5.29. The predicted molar refractivity (Wildman–Crippen MR) is 81.3 cm³/mol. The molecule has 2 rings (SSSR count). The van der Waals surface area contributed by atoms with Crippen molar-refractivity contribution in [3.05, 3.63) is 23.8 Å². The molecular weight excluding hydrogens is 252 g/mol. The summed E-state index contributed by atoms with van der Waals surface area (Å²) in [6, 6.07) is 6.56. The highest BCUT2D eigenvalue weighted by molar-refractivity contribution is 5.38. The first-order chi connectivity index (χ1) is 9.71. The Balaban J connectivity index is 2.05. The number of ether oxygens (including phenoxy) is 2. The monoisotopic (exact) mass is 278 g/mol. The average molecular weight is 278 g/mol. The molecule has 0 spiro atoms. The fourth-order valence-electron chi connectivity index (χ4n) is 2.59. The number of benzene rings is 1. The summed E-state index contributed by atoms with van der Waals surface area (Å²) in [4.78, 5) is 2.45. The van der Waals surface area contributed by atoms with Crippen molar-refractivity contribution in [1.29, 1.82) is 0 Å². The van der Waals surface area contributed by atoms with Gasteiger partial charge in [-0.15, -0.1) is 0 Å². The summed E-state index contributed by atoms with van der Waals surface area (Å²) >= 11 is 0. The lowest BCUT2D eigenvalue weighted by Crippen LogP contribution is -2.39. The van der Waals surface area contributed by atoms with Crippen LogP contribution in [0, 0.1) is 0 Å². The van der Waals surface area contributed by atoms with Crippen LogP contribution in [0.3, 0.4) is 0 Å². The molecule has 1 saturated heterocycles. The van der Waals surface area contributed by atoms with Gasteiger partial charge in [-0.1, -0.05) is 0 Å². The van der Waals surface area contributed by atoms with Crippen molar-refractivity contribution in [3.8, 4) is 11.5 Å². The van der Waals surface area contributed by atoms with E-state index in [9.17, 15) is 0 Å². The molecule has 0 amide bonds. The van der Waals surface area contributed by atoms with Crippen molar-refractivity contribution in [2.45, 2.75) is 39.3 Å². The van der Waals surface area contributed by atoms with Gasteiger partial charge in [0.1, 0.15) is 11.5 Å². The van der Waals surface area contributed by atoms with Crippen molar-refractivity contribution in [1.82, 2.24) is 4.90 Å². The smallest absolute Gasteiger partial charge is 0.123 e. The van der Waals surface area contributed by atoms with Crippen molar-refractivity contribution in [2.75, 3.05) is 26.3 Å². The van der Waals surface area contributed by atoms with Crippen LogP contribution in [0.1, 0.15) is 32.3 Å². The van der Waals surface area contributed by atoms with Crippen molar-refractivity contribution >= 4 is 0 Å². The van der Waals surface area contributed by atoms with E-state index in [4.69, 9.17) is 15.2 Å². The standard InChI is InChI=1S/C16H26N2O2/c1-3-19-15-9-13(10-16(11-15)20-4-2)12-18-7-5-14(17)6-8-18/h9-11,14H,3-8,12,17H2,1-2H3. The van der Waals surface area contributed by atoms with Crippen LogP contribution >= 0.6 is 0 Å². The van der Waals surface area contributed by atoms with E-state index in [0.717, 1.165) is 44.0 Å². The molecule has 0 bridgehead atoms. The first-order valence-electron chi connectivity index (χ1n) is 7.58. The van der Waals surface area contributed by atoms with Gasteiger partial charge in [0.2, 0.25) is 0 Å². The maximum atomic E-state index is 5.95. The van der Waals surface area contributed by atoms with Gasteiger partial charge in [-0.3, -0.25) is 4.90 Å². The maximum absolute atomic E-state index is 5.95. The third kappa shape index (κ3) is 4.39. The van der Waals surface area contributed by atoms with E-state index in [-0.39, 0.29) is 0 Å². The molecule has 1 aromatic carbocycles. The van der Waals surface area contributed by atoms with Gasteiger partial charge < -0.3 is 15.2 Å². The number of hydrogen-bond donors (Lipinski definition) is 1. The van der Waals surface area contributed by atoms with Gasteiger partial charge in [-0.2, -0.15) is 0 Å². The Morgan fingerprint density at radius 2 is 1.60 bits per heavy atom. The van der Waals surface area contributed by atoms with Crippen molar-refractivity contribution in [2.24, 2.45) is 5.73 Å². The third-order valence-electron chi connectivity index (χ3n) is 3.60. The van der Waals surface area contributed by atoms with E-state index < -0.39 is 0 Å². The van der Waals surface area contributed by atoms with Gasteiger partial charge in [-0.25, -0.2) is 0 Å². The Labute approximate surface area is 121 Å². The van der Waals surface area contributed by atoms with Gasteiger partial charge in [0, 0.05) is 18.7 Å². The molecular formula is C16H26N2O2. The maximum Gasteiger partial charge on any atom is 0.123 e. The molecule has 0 atom stereocenters. The first kappa shape index (κ1) is 15.1. The molecule has 0 saturated carbocycles. The summed E-state index contributed by atoms with van der Waals surface area (Å²) in [7, 11) is 0. The molecule has 0 unspecified atom stereocenters. The van der Waals surface area contributed by atoms with Crippen LogP contribution in [0.4, 0.5) is 0 Å². The van der Waals surface area contributed by atoms with Gasteiger partial charge in [0.05, 0.1) is 13.2 Å². The molecule has 4 heteroatoms. The summed E-state index contributed by atoms with van der Waals surface area (Å²) < 4.78 is 11.2. The second kappa shape index (κ2) is 7.50. The van der Waals surface area contributed by atoms with E-state index in [1.54, 1.807) is 0 Å². The SMILES string of the molecule is CCOc1cc(CN2CCC(N)CC2)cc(OCC)c1. The molecule has 0 aromatic heterocycles. The zero-order valence-corrected chi connectivity index (χ0v) is 12.6. The number of piperidine rings is 1. The van der Waals surface area contributed by atoms with Gasteiger partial charge in [-0.05, 0) is 57.5 Å². The molecule has 1 heterocycles. The van der Waals surface area contributed by atoms with Crippen LogP contribution in [0.15, 0.2) is 18.2 Å². The Morgan fingerprint density at radius 3 is 2.10 bits per heavy atom. The van der Waals surface area contributed by atoms with Crippen LogP contribution < -0.4 is 15.2 Å². The number of nitrogens with two attached hydrogens (primary N) is 1. The Morgan fingerprint density at radius 1 is 1.05 bits per heavy atom. The Bertz CT molecular complexity index is 391. The van der Waals surface area contributed by atoms with Crippen LogP contribution in [0.25, 0.3) is 0 Å². The lowest BCUT2D eigenvalue weighted by Gasteiger charge is -2.30. The predicted octanol–water partition coefficient (Wildman–Crippen LogP) is 2.41. The minimum absolute atomic E-state index is 0.375. The Hall–Kier alpha value is -1.26. The molecule has 20 heavy (non-hydrogen) atoms. The minimum atomic E-state index is 0.375. The highest BCUT2D eigenvalue weighted by atomic mass is 16.5. The van der Waals surface area contributed by atoms with E-state index in [1.165, 1.54) is 5.56 Å². The average Bonchev–Trinajstić information content (AvgIpc) is 2.42.